The fourth-order valence-electron chi connectivity index (χ4n) is 4.66. The van der Waals surface area contributed by atoms with Crippen LogP contribution >= 0.6 is 23.4 Å². The van der Waals surface area contributed by atoms with Crippen LogP contribution in [0, 0.1) is 26.1 Å². The zero-order chi connectivity index (χ0) is 22.4. The molecule has 2 aromatic rings. The molecule has 0 amide bonds. The maximum absolute atomic E-state index is 11.7. The van der Waals surface area contributed by atoms with Crippen molar-refractivity contribution in [3.05, 3.63) is 67.8 Å². The first-order chi connectivity index (χ1) is 14.7. The third-order valence-electron chi connectivity index (χ3n) is 6.00. The number of benzene rings is 2. The van der Waals surface area contributed by atoms with Gasteiger partial charge in [-0.05, 0) is 31.4 Å². The van der Waals surface area contributed by atoms with Gasteiger partial charge in [0.1, 0.15) is 0 Å². The van der Waals surface area contributed by atoms with E-state index in [1.54, 1.807) is 18.2 Å². The number of carboxylic acids is 1. The number of anilines is 1. The number of carbonyl (C=O) groups is 1. The average molecular weight is 464 g/mol. The number of carboxylic acid groups (broad SMARTS) is 1. The fraction of sp³-hybridized carbons (Fsp3) is 0.350. The predicted octanol–water partition coefficient (Wildman–Crippen LogP) is 4.89. The molecular weight excluding hydrogens is 446 g/mol. The van der Waals surface area contributed by atoms with Gasteiger partial charge in [-0.3, -0.25) is 20.2 Å². The van der Waals surface area contributed by atoms with E-state index in [0.717, 1.165) is 0 Å². The summed E-state index contributed by atoms with van der Waals surface area (Å²) in [5.41, 5.74) is 0.314. The second-order valence-electron chi connectivity index (χ2n) is 7.67. The highest BCUT2D eigenvalue weighted by atomic mass is 35.5. The van der Waals surface area contributed by atoms with Gasteiger partial charge in [-0.2, -0.15) is 0 Å². The molecule has 2 aliphatic rings. The number of thioether (sulfide) groups is 1. The molecular formula is C20H18ClN3O6S. The first kappa shape index (κ1) is 21.4. The minimum atomic E-state index is -1.18. The van der Waals surface area contributed by atoms with Gasteiger partial charge in [0.25, 0.3) is 11.4 Å². The number of halogens is 1. The Morgan fingerprint density at radius 2 is 1.84 bits per heavy atom. The molecule has 0 radical (unpaired) electrons. The number of nitro benzene ring substituents is 2. The van der Waals surface area contributed by atoms with Crippen molar-refractivity contribution >= 4 is 46.4 Å². The van der Waals surface area contributed by atoms with E-state index >= 15 is 0 Å². The van der Waals surface area contributed by atoms with Gasteiger partial charge in [-0.1, -0.05) is 12.1 Å². The molecule has 0 spiro atoms. The fourth-order valence-corrected chi connectivity index (χ4v) is 6.59. The second kappa shape index (κ2) is 8.01. The Morgan fingerprint density at radius 3 is 2.48 bits per heavy atom. The third-order valence-corrected chi connectivity index (χ3v) is 8.11. The highest BCUT2D eigenvalue weighted by Gasteiger charge is 2.52. The van der Waals surface area contributed by atoms with Crippen LogP contribution in [0.3, 0.4) is 0 Å². The summed E-state index contributed by atoms with van der Waals surface area (Å²) in [4.78, 5) is 34.4. The van der Waals surface area contributed by atoms with Gasteiger partial charge < -0.3 is 10.4 Å². The van der Waals surface area contributed by atoms with Gasteiger partial charge in [-0.15, -0.1) is 23.4 Å². The van der Waals surface area contributed by atoms with Crippen molar-refractivity contribution in [1.82, 2.24) is 0 Å². The van der Waals surface area contributed by atoms with Crippen molar-refractivity contribution < 1.29 is 19.7 Å². The van der Waals surface area contributed by atoms with Crippen LogP contribution < -0.4 is 5.32 Å². The summed E-state index contributed by atoms with van der Waals surface area (Å²) in [5, 5.41) is 35.0. The molecule has 1 saturated carbocycles. The lowest BCUT2D eigenvalue weighted by atomic mass is 9.78. The van der Waals surface area contributed by atoms with Gasteiger partial charge in [0.2, 0.25) is 0 Å². The van der Waals surface area contributed by atoms with Crippen molar-refractivity contribution in [3.63, 3.8) is 0 Å². The van der Waals surface area contributed by atoms with Crippen LogP contribution in [0.15, 0.2) is 41.3 Å². The highest BCUT2D eigenvalue weighted by molar-refractivity contribution is 8.00. The third kappa shape index (κ3) is 3.59. The first-order valence-electron chi connectivity index (χ1n) is 9.56. The number of nitrogens with zero attached hydrogens (tertiary/aromatic N) is 2. The molecule has 2 aromatic carbocycles. The van der Waals surface area contributed by atoms with Crippen LogP contribution in [0.5, 0.6) is 0 Å². The minimum Gasteiger partial charge on any atom is -0.478 e. The number of para-hydroxylation sites is 1. The number of alkyl halides is 1. The second-order valence-corrected chi connectivity index (χ2v) is 9.45. The quantitative estimate of drug-likeness (QED) is 0.363. The van der Waals surface area contributed by atoms with Crippen molar-refractivity contribution in [2.75, 3.05) is 5.32 Å². The van der Waals surface area contributed by atoms with Crippen molar-refractivity contribution in [3.8, 4) is 0 Å². The average Bonchev–Trinajstić information content (AvgIpc) is 3.04. The topological polar surface area (TPSA) is 136 Å². The maximum atomic E-state index is 11.7. The van der Waals surface area contributed by atoms with E-state index in [9.17, 15) is 30.1 Å². The summed E-state index contributed by atoms with van der Waals surface area (Å²) in [7, 11) is 0. The lowest BCUT2D eigenvalue weighted by molar-refractivity contribution is -0.387. The summed E-state index contributed by atoms with van der Waals surface area (Å²) >= 11 is 8.14. The Balaban J connectivity index is 1.77. The molecule has 31 heavy (non-hydrogen) atoms. The molecule has 11 heteroatoms. The lowest BCUT2D eigenvalue weighted by Crippen LogP contribution is -2.36. The Labute approximate surface area is 186 Å². The Kier molecular flexibility index (Phi) is 5.52. The van der Waals surface area contributed by atoms with Crippen molar-refractivity contribution in [1.29, 1.82) is 0 Å². The van der Waals surface area contributed by atoms with Crippen molar-refractivity contribution in [2.24, 2.45) is 5.92 Å². The summed E-state index contributed by atoms with van der Waals surface area (Å²) < 4.78 is 0. The standard InChI is InChI=1S/C20H18ClN3O6S/c1-9-11-8-15(31-14-5-3-2-4-12(14)23(27)28)18(21)16(11)17-13(24(29)30)7-6-10(20(25)26)19(17)22-9/h2-7,9,11,15-16,18,22H,8H2,1H3,(H,25,26)/t9-,11+,15-,16+,18+/m0/s1. The van der Waals surface area contributed by atoms with Gasteiger partial charge in [0.05, 0.1) is 36.9 Å². The van der Waals surface area contributed by atoms with Gasteiger partial charge in [0, 0.05) is 29.3 Å². The molecule has 2 N–H and O–H groups in total. The molecule has 5 atom stereocenters. The summed E-state index contributed by atoms with van der Waals surface area (Å²) in [6.07, 6.45) is 0.581. The molecule has 4 rings (SSSR count). The number of hydrogen-bond acceptors (Lipinski definition) is 7. The van der Waals surface area contributed by atoms with Crippen LogP contribution in [0.2, 0.25) is 0 Å². The largest absolute Gasteiger partial charge is 0.478 e. The normalized spacial score (nSPS) is 26.5. The molecule has 0 aromatic heterocycles. The number of nitro groups is 2. The van der Waals surface area contributed by atoms with Crippen molar-refractivity contribution in [2.45, 2.75) is 40.8 Å². The smallest absolute Gasteiger partial charge is 0.337 e. The van der Waals surface area contributed by atoms with Gasteiger partial charge >= 0.3 is 5.97 Å². The van der Waals surface area contributed by atoms with E-state index in [1.807, 2.05) is 6.92 Å². The molecule has 0 bridgehead atoms. The zero-order valence-corrected chi connectivity index (χ0v) is 17.8. The first-order valence-corrected chi connectivity index (χ1v) is 10.9. The number of rotatable bonds is 5. The highest BCUT2D eigenvalue weighted by Crippen LogP contribution is 2.57. The van der Waals surface area contributed by atoms with Gasteiger partial charge in [-0.25, -0.2) is 4.79 Å². The van der Waals surface area contributed by atoms with Gasteiger partial charge in [0.15, 0.2) is 0 Å². The Hall–Kier alpha value is -2.85. The monoisotopic (exact) mass is 463 g/mol. The van der Waals surface area contributed by atoms with Crippen LogP contribution in [0.1, 0.15) is 35.2 Å². The molecule has 1 heterocycles. The van der Waals surface area contributed by atoms with Crippen LogP contribution in [-0.4, -0.2) is 37.6 Å². The number of fused-ring (bicyclic) bond motifs is 3. The summed E-state index contributed by atoms with van der Waals surface area (Å²) in [6, 6.07) is 8.67. The summed E-state index contributed by atoms with van der Waals surface area (Å²) in [6.45, 7) is 1.90. The number of nitrogens with one attached hydrogen (secondary N) is 1. The van der Waals surface area contributed by atoms with E-state index in [1.165, 1.54) is 30.0 Å². The van der Waals surface area contributed by atoms with E-state index in [0.29, 0.717) is 16.9 Å². The molecule has 0 saturated heterocycles. The van der Waals surface area contributed by atoms with E-state index in [4.69, 9.17) is 11.6 Å². The number of aromatic carboxylic acids is 1. The van der Waals surface area contributed by atoms with E-state index in [-0.39, 0.29) is 39.8 Å². The van der Waals surface area contributed by atoms with E-state index in [2.05, 4.69) is 5.32 Å². The Morgan fingerprint density at radius 1 is 1.16 bits per heavy atom. The predicted molar refractivity (Wildman–Crippen MR) is 116 cm³/mol. The molecule has 0 unspecified atom stereocenters. The minimum absolute atomic E-state index is 0.0167. The van der Waals surface area contributed by atoms with E-state index < -0.39 is 27.1 Å². The number of hydrogen-bond donors (Lipinski definition) is 2. The van der Waals surface area contributed by atoms with Crippen LogP contribution in [-0.2, 0) is 0 Å². The molecule has 1 aliphatic carbocycles. The molecule has 162 valence electrons. The van der Waals surface area contributed by atoms with Crippen LogP contribution in [0.4, 0.5) is 17.1 Å². The SMILES string of the molecule is C[C@@H]1Nc2c(C(=O)O)ccc([N+](=O)[O-])c2[C@@H]2[C@H](Cl)[C@@H](Sc3ccccc3[N+](=O)[O-])C[C@@H]21. The zero-order valence-electron chi connectivity index (χ0n) is 16.2. The summed E-state index contributed by atoms with van der Waals surface area (Å²) in [5.74, 6) is -1.72. The lowest BCUT2D eigenvalue weighted by Gasteiger charge is -2.36. The molecule has 9 nitrogen and oxygen atoms in total. The maximum Gasteiger partial charge on any atom is 0.337 e. The Bertz CT molecular complexity index is 1100. The molecule has 1 fully saturated rings. The van der Waals surface area contributed by atoms with Crippen LogP contribution in [0.25, 0.3) is 0 Å². The molecule has 1 aliphatic heterocycles.